The second kappa shape index (κ2) is 7.35. The highest BCUT2D eigenvalue weighted by Gasteiger charge is 2.24. The van der Waals surface area contributed by atoms with Crippen LogP contribution in [0.25, 0.3) is 0 Å². The van der Waals surface area contributed by atoms with E-state index in [2.05, 4.69) is 39.6 Å². The monoisotopic (exact) mass is 403 g/mol. The molecule has 0 fully saturated rings. The highest BCUT2D eigenvalue weighted by atomic mass is 35.5. The maximum Gasteiger partial charge on any atom is 0.277 e. The van der Waals surface area contributed by atoms with Crippen molar-refractivity contribution >= 4 is 45.6 Å². The number of carbonyl (C=O) groups is 1. The van der Waals surface area contributed by atoms with Gasteiger partial charge in [0.2, 0.25) is 0 Å². The van der Waals surface area contributed by atoms with Crippen LogP contribution in [0.5, 0.6) is 0 Å². The molecule has 1 N–H and O–H groups in total. The van der Waals surface area contributed by atoms with Crippen molar-refractivity contribution in [3.8, 4) is 0 Å². The summed E-state index contributed by atoms with van der Waals surface area (Å²) >= 11 is 13.4. The van der Waals surface area contributed by atoms with Gasteiger partial charge < -0.3 is 0 Å². The van der Waals surface area contributed by atoms with Crippen LogP contribution in [0.15, 0.2) is 42.5 Å². The summed E-state index contributed by atoms with van der Waals surface area (Å²) < 4.78 is 0. The number of fused-ring (bicyclic) bond motifs is 1. The summed E-state index contributed by atoms with van der Waals surface area (Å²) in [5.41, 5.74) is 2.53. The highest BCUT2D eigenvalue weighted by molar-refractivity contribution is 7.15. The predicted octanol–water partition coefficient (Wildman–Crippen LogP) is 5.37. The van der Waals surface area contributed by atoms with Crippen molar-refractivity contribution in [1.29, 1.82) is 0 Å². The first kappa shape index (κ1) is 17.5. The number of halogens is 2. The number of hydrogen-bond acceptors (Lipinski definition) is 4. The lowest BCUT2D eigenvalue weighted by molar-refractivity contribution is 0.102. The second-order valence-corrected chi connectivity index (χ2v) is 8.04. The predicted molar refractivity (Wildman–Crippen MR) is 106 cm³/mol. The zero-order valence-corrected chi connectivity index (χ0v) is 16.0. The molecule has 0 spiro atoms. The quantitative estimate of drug-likeness (QED) is 0.597. The highest BCUT2D eigenvalue weighted by Crippen LogP contribution is 2.37. The SMILES string of the molecule is O=C(Nc1nc2c(s1)CC(c1ccccc1)CC2)c1nc(Cl)ccc1Cl. The standard InChI is InChI=1S/C19H15Cl2N3OS/c20-13-7-9-16(21)23-17(13)18(25)24-19-22-14-8-6-12(10-15(14)26-19)11-4-2-1-3-5-11/h1-5,7,9,12H,6,8,10H2,(H,22,24,25). The molecular formula is C19H15Cl2N3OS. The van der Waals surface area contributed by atoms with Crippen LogP contribution in [0.2, 0.25) is 10.2 Å². The molecule has 132 valence electrons. The number of hydrogen-bond donors (Lipinski definition) is 1. The largest absolute Gasteiger partial charge is 0.296 e. The fourth-order valence-electron chi connectivity index (χ4n) is 3.17. The molecule has 1 aliphatic rings. The van der Waals surface area contributed by atoms with E-state index in [9.17, 15) is 4.79 Å². The normalized spacial score (nSPS) is 16.2. The molecule has 4 rings (SSSR count). The molecule has 2 aromatic heterocycles. The molecule has 1 atom stereocenters. The Balaban J connectivity index is 1.51. The van der Waals surface area contributed by atoms with Gasteiger partial charge in [-0.15, -0.1) is 11.3 Å². The summed E-state index contributed by atoms with van der Waals surface area (Å²) in [6, 6.07) is 13.6. The molecule has 1 unspecified atom stereocenters. The van der Waals surface area contributed by atoms with Crippen LogP contribution in [-0.2, 0) is 12.8 Å². The van der Waals surface area contributed by atoms with Gasteiger partial charge >= 0.3 is 0 Å². The fourth-order valence-corrected chi connectivity index (χ4v) is 4.59. The van der Waals surface area contributed by atoms with Crippen LogP contribution in [0.3, 0.4) is 0 Å². The first-order valence-corrected chi connectivity index (χ1v) is 9.84. The van der Waals surface area contributed by atoms with Gasteiger partial charge in [0.1, 0.15) is 10.8 Å². The van der Waals surface area contributed by atoms with E-state index < -0.39 is 5.91 Å². The van der Waals surface area contributed by atoms with E-state index in [1.165, 1.54) is 21.8 Å². The first-order chi connectivity index (χ1) is 12.6. The van der Waals surface area contributed by atoms with E-state index in [1.54, 1.807) is 12.1 Å². The Kier molecular flexibility index (Phi) is 4.94. The van der Waals surface area contributed by atoms with Crippen LogP contribution < -0.4 is 5.32 Å². The lowest BCUT2D eigenvalue weighted by atomic mass is 9.85. The van der Waals surface area contributed by atoms with E-state index >= 15 is 0 Å². The molecule has 0 radical (unpaired) electrons. The number of anilines is 1. The third kappa shape index (κ3) is 3.61. The Morgan fingerprint density at radius 2 is 1.92 bits per heavy atom. The molecule has 0 aliphatic heterocycles. The smallest absolute Gasteiger partial charge is 0.277 e. The number of aryl methyl sites for hydroxylation is 1. The van der Waals surface area contributed by atoms with Gasteiger partial charge in [0.25, 0.3) is 5.91 Å². The maximum absolute atomic E-state index is 12.4. The Morgan fingerprint density at radius 3 is 2.73 bits per heavy atom. The van der Waals surface area contributed by atoms with E-state index in [1.807, 2.05) is 6.07 Å². The lowest BCUT2D eigenvalue weighted by Gasteiger charge is -2.21. The van der Waals surface area contributed by atoms with Gasteiger partial charge in [-0.3, -0.25) is 10.1 Å². The lowest BCUT2D eigenvalue weighted by Crippen LogP contribution is -2.14. The number of nitrogens with one attached hydrogen (secondary N) is 1. The molecule has 3 aromatic rings. The number of aromatic nitrogens is 2. The molecule has 1 aromatic carbocycles. The Labute approximate surface area is 165 Å². The van der Waals surface area contributed by atoms with Crippen LogP contribution in [-0.4, -0.2) is 15.9 Å². The van der Waals surface area contributed by atoms with Crippen molar-refractivity contribution in [2.24, 2.45) is 0 Å². The number of amides is 1. The van der Waals surface area contributed by atoms with Crippen molar-refractivity contribution < 1.29 is 4.79 Å². The average molecular weight is 404 g/mol. The first-order valence-electron chi connectivity index (χ1n) is 8.27. The molecular weight excluding hydrogens is 389 g/mol. The van der Waals surface area contributed by atoms with E-state index in [4.69, 9.17) is 23.2 Å². The minimum absolute atomic E-state index is 0.106. The number of carbonyl (C=O) groups excluding carboxylic acids is 1. The van der Waals surface area contributed by atoms with Gasteiger partial charge in [-0.1, -0.05) is 53.5 Å². The number of pyridine rings is 1. The Bertz CT molecular complexity index is 959. The van der Waals surface area contributed by atoms with Crippen molar-refractivity contribution in [2.45, 2.75) is 25.2 Å². The molecule has 7 heteroatoms. The zero-order valence-electron chi connectivity index (χ0n) is 13.7. The molecule has 26 heavy (non-hydrogen) atoms. The van der Waals surface area contributed by atoms with Crippen LogP contribution in [0.4, 0.5) is 5.13 Å². The number of nitrogens with zero attached hydrogens (tertiary/aromatic N) is 2. The van der Waals surface area contributed by atoms with Crippen LogP contribution >= 0.6 is 34.5 Å². The van der Waals surface area contributed by atoms with Crippen molar-refractivity contribution in [3.63, 3.8) is 0 Å². The third-order valence-corrected chi connectivity index (χ3v) is 6.01. The summed E-state index contributed by atoms with van der Waals surface area (Å²) in [5, 5.41) is 3.86. The van der Waals surface area contributed by atoms with Crippen molar-refractivity contribution in [3.05, 3.63) is 74.5 Å². The minimum Gasteiger partial charge on any atom is -0.296 e. The van der Waals surface area contributed by atoms with Crippen LogP contribution in [0, 0.1) is 0 Å². The van der Waals surface area contributed by atoms with Gasteiger partial charge in [-0.2, -0.15) is 0 Å². The number of rotatable bonds is 3. The third-order valence-electron chi connectivity index (χ3n) is 4.46. The fraction of sp³-hybridized carbons (Fsp3) is 0.211. The molecule has 0 bridgehead atoms. The summed E-state index contributed by atoms with van der Waals surface area (Å²) in [5.74, 6) is 0.0972. The molecule has 1 amide bonds. The number of benzene rings is 1. The maximum atomic E-state index is 12.4. The molecule has 1 aliphatic carbocycles. The van der Waals surface area contributed by atoms with Gasteiger partial charge in [0.15, 0.2) is 5.13 Å². The van der Waals surface area contributed by atoms with E-state index in [-0.39, 0.29) is 15.9 Å². The van der Waals surface area contributed by atoms with Crippen LogP contribution in [0.1, 0.15) is 39.0 Å². The van der Waals surface area contributed by atoms with E-state index in [0.29, 0.717) is 11.0 Å². The van der Waals surface area contributed by atoms with Gasteiger partial charge in [0, 0.05) is 4.88 Å². The summed E-state index contributed by atoms with van der Waals surface area (Å²) in [6.07, 6.45) is 2.93. The summed E-state index contributed by atoms with van der Waals surface area (Å²) in [6.45, 7) is 0. The topological polar surface area (TPSA) is 54.9 Å². The second-order valence-electron chi connectivity index (χ2n) is 6.16. The Morgan fingerprint density at radius 1 is 1.12 bits per heavy atom. The average Bonchev–Trinajstić information content (AvgIpc) is 3.05. The summed E-state index contributed by atoms with van der Waals surface area (Å²) in [4.78, 5) is 22.2. The number of thiazole rings is 1. The Hall–Kier alpha value is -1.95. The molecule has 0 saturated carbocycles. The zero-order chi connectivity index (χ0) is 18.1. The van der Waals surface area contributed by atoms with E-state index in [0.717, 1.165) is 25.0 Å². The van der Waals surface area contributed by atoms with Gasteiger partial charge in [-0.25, -0.2) is 9.97 Å². The minimum atomic E-state index is -0.400. The molecule has 2 heterocycles. The van der Waals surface area contributed by atoms with Gasteiger partial charge in [0.05, 0.1) is 10.7 Å². The summed E-state index contributed by atoms with van der Waals surface area (Å²) in [7, 11) is 0. The van der Waals surface area contributed by atoms with Gasteiger partial charge in [-0.05, 0) is 42.9 Å². The van der Waals surface area contributed by atoms with Crippen molar-refractivity contribution in [2.75, 3.05) is 5.32 Å². The van der Waals surface area contributed by atoms with Crippen molar-refractivity contribution in [1.82, 2.24) is 9.97 Å². The molecule has 4 nitrogen and oxygen atoms in total. The molecule has 0 saturated heterocycles.